The van der Waals surface area contributed by atoms with Crippen LogP contribution in [0.15, 0.2) is 18.2 Å². The highest BCUT2D eigenvalue weighted by molar-refractivity contribution is 5.77. The number of carbonyl (C=O) groups is 1. The lowest BCUT2D eigenvalue weighted by atomic mass is 9.89. The van der Waals surface area contributed by atoms with Crippen LogP contribution in [-0.2, 0) is 4.79 Å². The van der Waals surface area contributed by atoms with E-state index in [2.05, 4.69) is 5.32 Å². The number of phenolic OH excluding ortho intramolecular Hbond substituents is 2. The second-order valence-corrected chi connectivity index (χ2v) is 6.16. The minimum Gasteiger partial charge on any atom is -0.508 e. The standard InChI is InChI=1S/C17H25NO3/c1-12(15-8-7-14(19)10-16(15)20)9-17(21)18-11-13-5-3-2-4-6-13/h7-8,10,12-13,19-20H,2-6,9,11H2,1H3,(H,18,21). The Morgan fingerprint density at radius 1 is 1.29 bits per heavy atom. The number of hydrogen-bond donors (Lipinski definition) is 3. The Kier molecular flexibility index (Phi) is 5.48. The van der Waals surface area contributed by atoms with E-state index in [1.54, 1.807) is 6.07 Å². The number of benzene rings is 1. The molecule has 1 fully saturated rings. The molecule has 1 atom stereocenters. The largest absolute Gasteiger partial charge is 0.508 e. The second-order valence-electron chi connectivity index (χ2n) is 6.16. The van der Waals surface area contributed by atoms with Crippen molar-refractivity contribution in [2.24, 2.45) is 5.92 Å². The average molecular weight is 291 g/mol. The van der Waals surface area contributed by atoms with E-state index >= 15 is 0 Å². The number of carbonyl (C=O) groups excluding carboxylic acids is 1. The molecule has 1 aromatic rings. The maximum atomic E-state index is 12.0. The first kappa shape index (κ1) is 15.7. The molecule has 116 valence electrons. The number of aromatic hydroxyl groups is 2. The van der Waals surface area contributed by atoms with Gasteiger partial charge in [0.1, 0.15) is 11.5 Å². The van der Waals surface area contributed by atoms with E-state index in [0.29, 0.717) is 17.9 Å². The van der Waals surface area contributed by atoms with Crippen LogP contribution in [0.25, 0.3) is 0 Å². The Labute approximate surface area is 126 Å². The highest BCUT2D eigenvalue weighted by Crippen LogP contribution is 2.30. The lowest BCUT2D eigenvalue weighted by Gasteiger charge is -2.22. The van der Waals surface area contributed by atoms with Crippen molar-refractivity contribution < 1.29 is 15.0 Å². The quantitative estimate of drug-likeness (QED) is 0.779. The van der Waals surface area contributed by atoms with Crippen molar-refractivity contribution in [3.63, 3.8) is 0 Å². The van der Waals surface area contributed by atoms with Crippen molar-refractivity contribution in [1.82, 2.24) is 5.32 Å². The summed E-state index contributed by atoms with van der Waals surface area (Å²) in [7, 11) is 0. The number of phenols is 2. The first-order valence-electron chi connectivity index (χ1n) is 7.85. The van der Waals surface area contributed by atoms with Crippen LogP contribution in [0.5, 0.6) is 11.5 Å². The minimum atomic E-state index is -0.0723. The third-order valence-corrected chi connectivity index (χ3v) is 4.35. The van der Waals surface area contributed by atoms with Gasteiger partial charge in [-0.3, -0.25) is 4.79 Å². The van der Waals surface area contributed by atoms with Crippen molar-refractivity contribution in [1.29, 1.82) is 0 Å². The van der Waals surface area contributed by atoms with Gasteiger partial charge in [-0.05, 0) is 36.3 Å². The molecule has 4 heteroatoms. The van der Waals surface area contributed by atoms with Gasteiger partial charge in [-0.25, -0.2) is 0 Å². The van der Waals surface area contributed by atoms with Gasteiger partial charge in [0.05, 0.1) is 0 Å². The predicted octanol–water partition coefficient (Wildman–Crippen LogP) is 3.29. The fourth-order valence-corrected chi connectivity index (χ4v) is 3.06. The van der Waals surface area contributed by atoms with Crippen molar-refractivity contribution in [2.45, 2.75) is 51.4 Å². The van der Waals surface area contributed by atoms with Crippen LogP contribution in [0.4, 0.5) is 0 Å². The van der Waals surface area contributed by atoms with Crippen LogP contribution >= 0.6 is 0 Å². The summed E-state index contributed by atoms with van der Waals surface area (Å²) in [6.45, 7) is 2.68. The summed E-state index contributed by atoms with van der Waals surface area (Å²) in [5.41, 5.74) is 0.695. The van der Waals surface area contributed by atoms with E-state index in [4.69, 9.17) is 0 Å². The van der Waals surface area contributed by atoms with Gasteiger partial charge in [-0.1, -0.05) is 32.3 Å². The molecule has 1 saturated carbocycles. The van der Waals surface area contributed by atoms with Crippen LogP contribution in [0.3, 0.4) is 0 Å². The molecule has 0 bridgehead atoms. The number of nitrogens with one attached hydrogen (secondary N) is 1. The van der Waals surface area contributed by atoms with Crippen molar-refractivity contribution in [3.05, 3.63) is 23.8 Å². The Morgan fingerprint density at radius 2 is 2.00 bits per heavy atom. The third-order valence-electron chi connectivity index (χ3n) is 4.35. The van der Waals surface area contributed by atoms with Gasteiger partial charge in [0, 0.05) is 19.0 Å². The zero-order valence-electron chi connectivity index (χ0n) is 12.6. The van der Waals surface area contributed by atoms with Crippen LogP contribution in [-0.4, -0.2) is 22.7 Å². The van der Waals surface area contributed by atoms with Crippen molar-refractivity contribution in [3.8, 4) is 11.5 Å². The number of hydrogen-bond acceptors (Lipinski definition) is 3. The maximum absolute atomic E-state index is 12.0. The number of rotatable bonds is 5. The molecule has 1 amide bonds. The maximum Gasteiger partial charge on any atom is 0.220 e. The molecule has 0 saturated heterocycles. The SMILES string of the molecule is CC(CC(=O)NCC1CCCCC1)c1ccc(O)cc1O. The molecule has 0 aromatic heterocycles. The third kappa shape index (κ3) is 4.66. The summed E-state index contributed by atoms with van der Waals surface area (Å²) in [5, 5.41) is 22.1. The first-order valence-corrected chi connectivity index (χ1v) is 7.85. The molecule has 1 aliphatic carbocycles. The zero-order chi connectivity index (χ0) is 15.2. The Hall–Kier alpha value is -1.71. The minimum absolute atomic E-state index is 0.0283. The topological polar surface area (TPSA) is 69.6 Å². The summed E-state index contributed by atoms with van der Waals surface area (Å²) in [6.07, 6.45) is 6.66. The molecular weight excluding hydrogens is 266 g/mol. The molecule has 0 aliphatic heterocycles. The molecule has 0 spiro atoms. The Bertz CT molecular complexity index is 481. The first-order chi connectivity index (χ1) is 10.1. The van der Waals surface area contributed by atoms with Crippen LogP contribution in [0.2, 0.25) is 0 Å². The molecule has 0 radical (unpaired) electrons. The molecule has 21 heavy (non-hydrogen) atoms. The lowest BCUT2D eigenvalue weighted by Crippen LogP contribution is -2.30. The fourth-order valence-electron chi connectivity index (χ4n) is 3.06. The Morgan fingerprint density at radius 3 is 2.67 bits per heavy atom. The van der Waals surface area contributed by atoms with E-state index in [1.165, 1.54) is 44.2 Å². The van der Waals surface area contributed by atoms with Crippen LogP contribution < -0.4 is 5.32 Å². The van der Waals surface area contributed by atoms with E-state index < -0.39 is 0 Å². The van der Waals surface area contributed by atoms with Crippen LogP contribution in [0, 0.1) is 5.92 Å². The summed E-state index contributed by atoms with van der Waals surface area (Å²) in [6, 6.07) is 4.51. The molecule has 1 unspecified atom stereocenters. The molecule has 2 rings (SSSR count). The van der Waals surface area contributed by atoms with E-state index in [9.17, 15) is 15.0 Å². The zero-order valence-corrected chi connectivity index (χ0v) is 12.6. The van der Waals surface area contributed by atoms with Crippen LogP contribution in [0.1, 0.15) is 56.9 Å². The molecular formula is C17H25NO3. The van der Waals surface area contributed by atoms with Gasteiger partial charge in [-0.15, -0.1) is 0 Å². The second kappa shape index (κ2) is 7.34. The monoisotopic (exact) mass is 291 g/mol. The van der Waals surface area contributed by atoms with E-state index in [0.717, 1.165) is 6.54 Å². The Balaban J connectivity index is 1.81. The molecule has 4 nitrogen and oxygen atoms in total. The van der Waals surface area contributed by atoms with Gasteiger partial charge < -0.3 is 15.5 Å². The van der Waals surface area contributed by atoms with Gasteiger partial charge in [0.2, 0.25) is 5.91 Å². The lowest BCUT2D eigenvalue weighted by molar-refractivity contribution is -0.121. The normalized spacial score (nSPS) is 17.4. The smallest absolute Gasteiger partial charge is 0.220 e. The molecule has 1 aliphatic rings. The van der Waals surface area contributed by atoms with E-state index in [1.807, 2.05) is 6.92 Å². The summed E-state index contributed by atoms with van der Waals surface area (Å²) < 4.78 is 0. The van der Waals surface area contributed by atoms with E-state index in [-0.39, 0.29) is 23.3 Å². The van der Waals surface area contributed by atoms with Gasteiger partial charge >= 0.3 is 0 Å². The number of amides is 1. The van der Waals surface area contributed by atoms with Gasteiger partial charge in [0.15, 0.2) is 0 Å². The van der Waals surface area contributed by atoms with Gasteiger partial charge in [-0.2, -0.15) is 0 Å². The molecule has 1 aromatic carbocycles. The predicted molar refractivity (Wildman–Crippen MR) is 82.4 cm³/mol. The van der Waals surface area contributed by atoms with Gasteiger partial charge in [0.25, 0.3) is 0 Å². The molecule has 3 N–H and O–H groups in total. The summed E-state index contributed by atoms with van der Waals surface area (Å²) in [5.74, 6) is 0.658. The van der Waals surface area contributed by atoms with Crippen molar-refractivity contribution in [2.75, 3.05) is 6.54 Å². The molecule has 0 heterocycles. The summed E-state index contributed by atoms with van der Waals surface area (Å²) in [4.78, 5) is 12.0. The average Bonchev–Trinajstić information content (AvgIpc) is 2.46. The highest BCUT2D eigenvalue weighted by atomic mass is 16.3. The highest BCUT2D eigenvalue weighted by Gasteiger charge is 2.17. The van der Waals surface area contributed by atoms with Crippen molar-refractivity contribution >= 4 is 5.91 Å². The summed E-state index contributed by atoms with van der Waals surface area (Å²) >= 11 is 0. The fraction of sp³-hybridized carbons (Fsp3) is 0.588.